The van der Waals surface area contributed by atoms with Gasteiger partial charge in [0.15, 0.2) is 0 Å². The van der Waals surface area contributed by atoms with E-state index in [0.717, 1.165) is 29.4 Å². The minimum atomic E-state index is 0.316. The first-order valence-electron chi connectivity index (χ1n) is 8.93. The molecule has 4 bridgehead atoms. The highest BCUT2D eigenvalue weighted by Gasteiger charge is 2.50. The summed E-state index contributed by atoms with van der Waals surface area (Å²) >= 11 is 1.71. The predicted octanol–water partition coefficient (Wildman–Crippen LogP) is 3.60. The number of aromatic nitrogens is 1. The van der Waals surface area contributed by atoms with E-state index in [1.165, 1.54) is 37.7 Å². The topological polar surface area (TPSA) is 33.2 Å². The lowest BCUT2D eigenvalue weighted by Crippen LogP contribution is -2.56. The molecule has 1 aromatic heterocycles. The summed E-state index contributed by atoms with van der Waals surface area (Å²) in [7, 11) is 2.06. The zero-order valence-corrected chi connectivity index (χ0v) is 14.7. The Morgan fingerprint density at radius 2 is 1.91 bits per heavy atom. The third-order valence-electron chi connectivity index (χ3n) is 6.23. The standard InChI is InChI=1S/C19H26N2OS/c1-21(18(22)12-23-11-13-3-2-4-20-10-13)19-16-6-14-5-15(8-16)9-17(19)7-14/h2-4,10,14-17,19H,5-9,11-12H2,1H3. The molecule has 1 amide bonds. The van der Waals surface area contributed by atoms with Crippen LogP contribution in [0.25, 0.3) is 0 Å². The molecule has 1 heterocycles. The second-order valence-electron chi connectivity index (χ2n) is 7.78. The van der Waals surface area contributed by atoms with Crippen LogP contribution in [-0.4, -0.2) is 34.6 Å². The summed E-state index contributed by atoms with van der Waals surface area (Å²) in [6.07, 6.45) is 10.6. The third-order valence-corrected chi connectivity index (χ3v) is 7.22. The molecule has 4 heteroatoms. The zero-order chi connectivity index (χ0) is 15.8. The number of thioether (sulfide) groups is 1. The Bertz CT molecular complexity index is 534. The maximum atomic E-state index is 12.6. The summed E-state index contributed by atoms with van der Waals surface area (Å²) < 4.78 is 0. The minimum Gasteiger partial charge on any atom is -0.342 e. The van der Waals surface area contributed by atoms with Crippen LogP contribution in [0.1, 0.15) is 37.7 Å². The van der Waals surface area contributed by atoms with Crippen LogP contribution in [0, 0.1) is 23.7 Å². The molecule has 0 aliphatic heterocycles. The van der Waals surface area contributed by atoms with Gasteiger partial charge in [0, 0.05) is 31.2 Å². The van der Waals surface area contributed by atoms with Gasteiger partial charge in [-0.3, -0.25) is 9.78 Å². The molecule has 124 valence electrons. The molecule has 5 rings (SSSR count). The van der Waals surface area contributed by atoms with E-state index in [2.05, 4.69) is 23.0 Å². The molecule has 0 atom stereocenters. The summed E-state index contributed by atoms with van der Waals surface area (Å²) in [5, 5.41) is 0. The highest BCUT2D eigenvalue weighted by molar-refractivity contribution is 7.99. The quantitative estimate of drug-likeness (QED) is 0.827. The molecule has 4 saturated carbocycles. The monoisotopic (exact) mass is 330 g/mol. The van der Waals surface area contributed by atoms with Crippen LogP contribution in [0.5, 0.6) is 0 Å². The highest BCUT2D eigenvalue weighted by atomic mass is 32.2. The van der Waals surface area contributed by atoms with Crippen molar-refractivity contribution in [1.29, 1.82) is 0 Å². The van der Waals surface area contributed by atoms with Crippen LogP contribution < -0.4 is 0 Å². The van der Waals surface area contributed by atoms with E-state index in [0.29, 0.717) is 17.7 Å². The van der Waals surface area contributed by atoms with Gasteiger partial charge in [0.05, 0.1) is 5.75 Å². The summed E-state index contributed by atoms with van der Waals surface area (Å²) in [6, 6.07) is 4.55. The maximum Gasteiger partial charge on any atom is 0.232 e. The Balaban J connectivity index is 1.32. The number of hydrogen-bond donors (Lipinski definition) is 0. The van der Waals surface area contributed by atoms with Gasteiger partial charge in [-0.15, -0.1) is 11.8 Å². The van der Waals surface area contributed by atoms with Crippen molar-refractivity contribution in [3.63, 3.8) is 0 Å². The lowest BCUT2D eigenvalue weighted by molar-refractivity contribution is -0.138. The highest BCUT2D eigenvalue weighted by Crippen LogP contribution is 2.54. The molecule has 0 saturated heterocycles. The van der Waals surface area contributed by atoms with Gasteiger partial charge in [0.25, 0.3) is 0 Å². The molecule has 0 radical (unpaired) electrons. The molecule has 4 aliphatic carbocycles. The molecular weight excluding hydrogens is 304 g/mol. The van der Waals surface area contributed by atoms with Crippen LogP contribution in [0.2, 0.25) is 0 Å². The lowest BCUT2D eigenvalue weighted by atomic mass is 9.54. The predicted molar refractivity (Wildman–Crippen MR) is 94.0 cm³/mol. The number of pyridine rings is 1. The zero-order valence-electron chi connectivity index (χ0n) is 13.9. The van der Waals surface area contributed by atoms with Gasteiger partial charge < -0.3 is 4.90 Å². The third kappa shape index (κ3) is 3.15. The summed E-state index contributed by atoms with van der Waals surface area (Å²) in [5.41, 5.74) is 1.20. The van der Waals surface area contributed by atoms with Crippen molar-refractivity contribution in [2.75, 3.05) is 12.8 Å². The molecule has 4 fully saturated rings. The van der Waals surface area contributed by atoms with Crippen LogP contribution in [0.3, 0.4) is 0 Å². The Kier molecular flexibility index (Phi) is 4.35. The van der Waals surface area contributed by atoms with Gasteiger partial charge in [-0.05, 0) is 67.4 Å². The SMILES string of the molecule is CN(C(=O)CSCc1cccnc1)C1C2CC3CC(C2)CC1C3. The molecule has 23 heavy (non-hydrogen) atoms. The molecule has 4 aliphatic rings. The van der Waals surface area contributed by atoms with E-state index in [1.807, 2.05) is 12.3 Å². The van der Waals surface area contributed by atoms with Gasteiger partial charge in [0.1, 0.15) is 0 Å². The van der Waals surface area contributed by atoms with Gasteiger partial charge >= 0.3 is 0 Å². The number of rotatable bonds is 5. The Hall–Kier alpha value is -1.03. The first kappa shape index (κ1) is 15.5. The summed E-state index contributed by atoms with van der Waals surface area (Å²) in [5.74, 6) is 5.28. The van der Waals surface area contributed by atoms with E-state index in [-0.39, 0.29) is 0 Å². The number of amides is 1. The van der Waals surface area contributed by atoms with Gasteiger partial charge in [-0.25, -0.2) is 0 Å². The first-order valence-corrected chi connectivity index (χ1v) is 10.1. The normalized spacial score (nSPS) is 34.6. The van der Waals surface area contributed by atoms with Crippen LogP contribution >= 0.6 is 11.8 Å². The molecule has 0 N–H and O–H groups in total. The van der Waals surface area contributed by atoms with Crippen molar-refractivity contribution >= 4 is 17.7 Å². The van der Waals surface area contributed by atoms with Crippen LogP contribution in [0.15, 0.2) is 24.5 Å². The largest absolute Gasteiger partial charge is 0.342 e. The van der Waals surface area contributed by atoms with Crippen molar-refractivity contribution in [2.45, 2.75) is 43.9 Å². The van der Waals surface area contributed by atoms with Crippen LogP contribution in [-0.2, 0) is 10.5 Å². The van der Waals surface area contributed by atoms with E-state index < -0.39 is 0 Å². The second-order valence-corrected chi connectivity index (χ2v) is 8.77. The van der Waals surface area contributed by atoms with Crippen molar-refractivity contribution in [3.05, 3.63) is 30.1 Å². The summed E-state index contributed by atoms with van der Waals surface area (Å²) in [4.78, 5) is 18.9. The second kappa shape index (κ2) is 6.46. The lowest BCUT2D eigenvalue weighted by Gasteiger charge is -2.56. The van der Waals surface area contributed by atoms with Crippen molar-refractivity contribution < 1.29 is 4.79 Å². The molecule has 3 nitrogen and oxygen atoms in total. The number of carbonyl (C=O) groups is 1. The molecule has 0 unspecified atom stereocenters. The van der Waals surface area contributed by atoms with Crippen molar-refractivity contribution in [3.8, 4) is 0 Å². The smallest absolute Gasteiger partial charge is 0.232 e. The van der Waals surface area contributed by atoms with Crippen molar-refractivity contribution in [1.82, 2.24) is 9.88 Å². The van der Waals surface area contributed by atoms with Gasteiger partial charge in [0.2, 0.25) is 5.91 Å². The first-order chi connectivity index (χ1) is 11.2. The Labute approximate surface area is 143 Å². The molecule has 0 aromatic carbocycles. The van der Waals surface area contributed by atoms with E-state index >= 15 is 0 Å². The average molecular weight is 330 g/mol. The van der Waals surface area contributed by atoms with Crippen molar-refractivity contribution in [2.24, 2.45) is 23.7 Å². The van der Waals surface area contributed by atoms with E-state index in [4.69, 9.17) is 0 Å². The Morgan fingerprint density at radius 1 is 1.22 bits per heavy atom. The van der Waals surface area contributed by atoms with Gasteiger partial charge in [-0.2, -0.15) is 0 Å². The molecule has 0 spiro atoms. The number of nitrogens with zero attached hydrogens (tertiary/aromatic N) is 2. The molecule has 1 aromatic rings. The van der Waals surface area contributed by atoms with Gasteiger partial charge in [-0.1, -0.05) is 6.07 Å². The fraction of sp³-hybridized carbons (Fsp3) is 0.684. The van der Waals surface area contributed by atoms with Crippen LogP contribution in [0.4, 0.5) is 0 Å². The molecular formula is C19H26N2OS. The number of carbonyl (C=O) groups excluding carboxylic acids is 1. The maximum absolute atomic E-state index is 12.6. The fourth-order valence-corrected chi connectivity index (χ4v) is 6.42. The number of hydrogen-bond acceptors (Lipinski definition) is 3. The minimum absolute atomic E-state index is 0.316. The van der Waals surface area contributed by atoms with E-state index in [9.17, 15) is 4.79 Å². The van der Waals surface area contributed by atoms with E-state index in [1.54, 1.807) is 18.0 Å². The summed E-state index contributed by atoms with van der Waals surface area (Å²) in [6.45, 7) is 0. The Morgan fingerprint density at radius 3 is 2.52 bits per heavy atom. The average Bonchev–Trinajstić information content (AvgIpc) is 2.54. The fourth-order valence-electron chi connectivity index (χ4n) is 5.54.